The third kappa shape index (κ3) is 3.40. The van der Waals surface area contributed by atoms with Crippen LogP contribution in [0.2, 0.25) is 0 Å². The van der Waals surface area contributed by atoms with Crippen LogP contribution < -0.4 is 5.32 Å². The van der Waals surface area contributed by atoms with Gasteiger partial charge < -0.3 is 15.1 Å². The molecule has 1 atom stereocenters. The van der Waals surface area contributed by atoms with Crippen LogP contribution in [-0.2, 0) is 29.1 Å². The van der Waals surface area contributed by atoms with Crippen LogP contribution in [-0.4, -0.2) is 56.9 Å². The Morgan fingerprint density at radius 3 is 2.68 bits per heavy atom. The Labute approximate surface area is 181 Å². The molecular formula is C23H27N5O3. The third-order valence-corrected chi connectivity index (χ3v) is 6.64. The zero-order valence-electron chi connectivity index (χ0n) is 17.8. The van der Waals surface area contributed by atoms with Crippen molar-refractivity contribution in [3.8, 4) is 0 Å². The summed E-state index contributed by atoms with van der Waals surface area (Å²) in [6.45, 7) is 5.18. The highest BCUT2D eigenvalue weighted by molar-refractivity contribution is 6.01. The SMILES string of the molecule is CCn1nc(C(=O)N2CCCC2)c2c1CCN(C(=O)C1CC(=O)Nc3ccccc31)C2. The first-order valence-electron chi connectivity index (χ1n) is 11.1. The lowest BCUT2D eigenvalue weighted by atomic mass is 9.88. The first kappa shape index (κ1) is 19.8. The molecule has 0 radical (unpaired) electrons. The average molecular weight is 422 g/mol. The molecule has 4 heterocycles. The quantitative estimate of drug-likeness (QED) is 0.823. The van der Waals surface area contributed by atoms with Gasteiger partial charge in [-0.05, 0) is 31.4 Å². The second-order valence-electron chi connectivity index (χ2n) is 8.49. The van der Waals surface area contributed by atoms with E-state index in [9.17, 15) is 14.4 Å². The molecule has 162 valence electrons. The maximum atomic E-state index is 13.5. The number of nitrogens with one attached hydrogen (secondary N) is 1. The van der Waals surface area contributed by atoms with Crippen LogP contribution >= 0.6 is 0 Å². The van der Waals surface area contributed by atoms with E-state index in [0.29, 0.717) is 37.4 Å². The molecule has 3 aliphatic rings. The lowest BCUT2D eigenvalue weighted by molar-refractivity contribution is -0.135. The molecule has 1 saturated heterocycles. The molecule has 8 nitrogen and oxygen atoms in total. The van der Waals surface area contributed by atoms with Gasteiger partial charge in [-0.3, -0.25) is 19.1 Å². The van der Waals surface area contributed by atoms with Gasteiger partial charge in [0.2, 0.25) is 11.8 Å². The van der Waals surface area contributed by atoms with Gasteiger partial charge in [-0.1, -0.05) is 18.2 Å². The highest BCUT2D eigenvalue weighted by atomic mass is 16.2. The van der Waals surface area contributed by atoms with Gasteiger partial charge in [-0.25, -0.2) is 0 Å². The number of carbonyl (C=O) groups is 3. The summed E-state index contributed by atoms with van der Waals surface area (Å²) in [6.07, 6.45) is 2.86. The van der Waals surface area contributed by atoms with Crippen LogP contribution in [0.5, 0.6) is 0 Å². The largest absolute Gasteiger partial charge is 0.337 e. The summed E-state index contributed by atoms with van der Waals surface area (Å²) in [7, 11) is 0. The number of para-hydroxylation sites is 1. The van der Waals surface area contributed by atoms with Gasteiger partial charge in [0.1, 0.15) is 0 Å². The molecule has 1 fully saturated rings. The molecule has 2 aromatic rings. The summed E-state index contributed by atoms with van der Waals surface area (Å²) in [4.78, 5) is 42.5. The highest BCUT2D eigenvalue weighted by Gasteiger charge is 2.37. The minimum atomic E-state index is -0.495. The molecule has 0 bridgehead atoms. The van der Waals surface area contributed by atoms with Gasteiger partial charge in [0.05, 0.1) is 5.92 Å². The number of fused-ring (bicyclic) bond motifs is 2. The number of hydrogen-bond acceptors (Lipinski definition) is 4. The molecule has 1 N–H and O–H groups in total. The molecule has 3 aliphatic heterocycles. The van der Waals surface area contributed by atoms with E-state index in [1.54, 1.807) is 4.90 Å². The maximum Gasteiger partial charge on any atom is 0.274 e. The van der Waals surface area contributed by atoms with Gasteiger partial charge in [0, 0.05) is 62.5 Å². The lowest BCUT2D eigenvalue weighted by Crippen LogP contribution is -2.42. The molecular weight excluding hydrogens is 394 g/mol. The number of anilines is 1. The molecule has 1 aromatic heterocycles. The van der Waals surface area contributed by atoms with Gasteiger partial charge in [0.15, 0.2) is 5.69 Å². The lowest BCUT2D eigenvalue weighted by Gasteiger charge is -2.33. The molecule has 0 aliphatic carbocycles. The van der Waals surface area contributed by atoms with E-state index in [1.807, 2.05) is 40.8 Å². The van der Waals surface area contributed by atoms with Crippen molar-refractivity contribution in [2.24, 2.45) is 0 Å². The Morgan fingerprint density at radius 2 is 1.90 bits per heavy atom. The number of aryl methyl sites for hydroxylation is 1. The first-order valence-corrected chi connectivity index (χ1v) is 11.1. The van der Waals surface area contributed by atoms with E-state index in [1.165, 1.54) is 0 Å². The van der Waals surface area contributed by atoms with E-state index >= 15 is 0 Å². The van der Waals surface area contributed by atoms with Crippen LogP contribution in [0, 0.1) is 0 Å². The second kappa shape index (κ2) is 7.83. The van der Waals surface area contributed by atoms with Gasteiger partial charge in [-0.15, -0.1) is 0 Å². The minimum Gasteiger partial charge on any atom is -0.337 e. The van der Waals surface area contributed by atoms with Gasteiger partial charge >= 0.3 is 0 Å². The summed E-state index contributed by atoms with van der Waals surface area (Å²) in [5.41, 5.74) is 3.97. The highest BCUT2D eigenvalue weighted by Crippen LogP contribution is 2.35. The van der Waals surface area contributed by atoms with Crippen molar-refractivity contribution >= 4 is 23.4 Å². The second-order valence-corrected chi connectivity index (χ2v) is 8.49. The molecule has 31 heavy (non-hydrogen) atoms. The number of amides is 3. The zero-order chi connectivity index (χ0) is 21.5. The zero-order valence-corrected chi connectivity index (χ0v) is 17.8. The summed E-state index contributed by atoms with van der Waals surface area (Å²) in [5.74, 6) is -0.724. The van der Waals surface area contributed by atoms with Crippen LogP contribution in [0.25, 0.3) is 0 Å². The third-order valence-electron chi connectivity index (χ3n) is 6.64. The fourth-order valence-electron chi connectivity index (χ4n) is 5.03. The number of likely N-dealkylation sites (tertiary alicyclic amines) is 1. The summed E-state index contributed by atoms with van der Waals surface area (Å²) in [5, 5.41) is 7.49. The van der Waals surface area contributed by atoms with Gasteiger partial charge in [0.25, 0.3) is 5.91 Å². The van der Waals surface area contributed by atoms with Crippen molar-refractivity contribution in [2.75, 3.05) is 25.0 Å². The van der Waals surface area contributed by atoms with Crippen LogP contribution in [0.3, 0.4) is 0 Å². The molecule has 1 unspecified atom stereocenters. The Kier molecular flexibility index (Phi) is 5.00. The van der Waals surface area contributed by atoms with E-state index in [0.717, 1.165) is 42.8 Å². The van der Waals surface area contributed by atoms with Crippen LogP contribution in [0.15, 0.2) is 24.3 Å². The van der Waals surface area contributed by atoms with E-state index < -0.39 is 5.92 Å². The number of aromatic nitrogens is 2. The molecule has 8 heteroatoms. The maximum absolute atomic E-state index is 13.5. The molecule has 0 saturated carbocycles. The summed E-state index contributed by atoms with van der Waals surface area (Å²) < 4.78 is 1.91. The number of rotatable bonds is 3. The molecule has 0 spiro atoms. The first-order chi connectivity index (χ1) is 15.1. The number of carbonyl (C=O) groups excluding carboxylic acids is 3. The van der Waals surface area contributed by atoms with Crippen LogP contribution in [0.4, 0.5) is 5.69 Å². The fourth-order valence-corrected chi connectivity index (χ4v) is 5.03. The van der Waals surface area contributed by atoms with E-state index in [2.05, 4.69) is 10.4 Å². The Hall–Kier alpha value is -3.16. The number of hydrogen-bond donors (Lipinski definition) is 1. The van der Waals surface area contributed by atoms with Crippen molar-refractivity contribution in [3.63, 3.8) is 0 Å². The van der Waals surface area contributed by atoms with Gasteiger partial charge in [-0.2, -0.15) is 5.10 Å². The normalized spacial score (nSPS) is 20.3. The Morgan fingerprint density at radius 1 is 1.13 bits per heavy atom. The van der Waals surface area contributed by atoms with Crippen molar-refractivity contribution in [3.05, 3.63) is 46.8 Å². The topological polar surface area (TPSA) is 87.5 Å². The smallest absolute Gasteiger partial charge is 0.274 e. The van der Waals surface area contributed by atoms with E-state index in [-0.39, 0.29) is 24.1 Å². The minimum absolute atomic E-state index is 0.0300. The average Bonchev–Trinajstić information content (AvgIpc) is 3.45. The van der Waals surface area contributed by atoms with Crippen molar-refractivity contribution in [1.82, 2.24) is 19.6 Å². The van der Waals surface area contributed by atoms with Crippen LogP contribution in [0.1, 0.15) is 59.4 Å². The molecule has 3 amide bonds. The van der Waals surface area contributed by atoms with E-state index in [4.69, 9.17) is 0 Å². The molecule has 5 rings (SSSR count). The van der Waals surface area contributed by atoms with Crippen molar-refractivity contribution in [1.29, 1.82) is 0 Å². The predicted octanol–water partition coefficient (Wildman–Crippen LogP) is 2.15. The fraction of sp³-hybridized carbons (Fsp3) is 0.478. The molecule has 1 aromatic carbocycles. The number of nitrogens with zero attached hydrogens (tertiary/aromatic N) is 4. The predicted molar refractivity (Wildman–Crippen MR) is 115 cm³/mol. The van der Waals surface area contributed by atoms with Crippen molar-refractivity contribution in [2.45, 2.75) is 51.6 Å². The number of benzene rings is 1. The Balaban J connectivity index is 1.44. The standard InChI is InChI=1S/C23H27N5O3/c1-2-28-19-9-12-27(14-17(19)21(25-28)23(31)26-10-5-6-11-26)22(30)16-13-20(29)24-18-8-4-3-7-15(16)18/h3-4,7-8,16H,2,5-6,9-14H2,1H3,(H,24,29). The Bertz CT molecular complexity index is 1050. The summed E-state index contributed by atoms with van der Waals surface area (Å²) >= 11 is 0. The van der Waals surface area contributed by atoms with Crippen molar-refractivity contribution < 1.29 is 14.4 Å². The monoisotopic (exact) mass is 421 g/mol. The summed E-state index contributed by atoms with van der Waals surface area (Å²) in [6, 6.07) is 7.49.